The van der Waals surface area contributed by atoms with Crippen LogP contribution < -0.4 is 0 Å². The van der Waals surface area contributed by atoms with Crippen LogP contribution in [-0.2, 0) is 45.0 Å². The maximum atomic E-state index is 6.71. The van der Waals surface area contributed by atoms with Crippen LogP contribution in [-0.4, -0.2) is 26.4 Å². The molecule has 8 aromatic carbocycles. The van der Waals surface area contributed by atoms with Crippen LogP contribution in [0.4, 0.5) is 0 Å². The van der Waals surface area contributed by atoms with E-state index in [1.54, 1.807) is 0 Å². The fraction of sp³-hybridized carbons (Fsp3) is 0.333. The molecule has 9 rings (SSSR count). The van der Waals surface area contributed by atoms with E-state index in [0.29, 0.717) is 75.1 Å². The minimum atomic E-state index is -0.0793. The molecule has 4 nitrogen and oxygen atoms in total. The monoisotopic (exact) mass is 1010 g/mol. The number of hydrogen-bond donors (Lipinski definition) is 0. The van der Waals surface area contributed by atoms with Gasteiger partial charge in [-0.15, -0.1) is 0 Å². The number of fused-ring (bicyclic) bond motifs is 2. The smallest absolute Gasteiger partial charge is 0.0869 e. The van der Waals surface area contributed by atoms with Gasteiger partial charge in [-0.2, -0.15) is 0 Å². The minimum Gasteiger partial charge on any atom is -0.374 e. The van der Waals surface area contributed by atoms with Crippen LogP contribution in [0.5, 0.6) is 0 Å². The Labute approximate surface area is 455 Å². The van der Waals surface area contributed by atoms with Crippen LogP contribution in [0.15, 0.2) is 218 Å². The molecule has 1 aliphatic rings. The Hall–Kier alpha value is -6.40. The van der Waals surface area contributed by atoms with Crippen LogP contribution in [0.25, 0.3) is 0 Å². The number of hydrogen-bond acceptors (Lipinski definition) is 4. The molecule has 8 atom stereocenters. The summed E-state index contributed by atoms with van der Waals surface area (Å²) in [6.07, 6.45) is 5.85. The molecule has 0 amide bonds. The number of ether oxygens (including phenoxy) is 4. The van der Waals surface area contributed by atoms with Gasteiger partial charge in [0.05, 0.1) is 51.8 Å². The normalized spacial score (nSPS) is 16.7. The second-order valence-corrected chi connectivity index (χ2v) is 21.7. The third-order valence-corrected chi connectivity index (χ3v) is 16.2. The quantitative estimate of drug-likeness (QED) is 0.0507. The first kappa shape index (κ1) is 54.4. The second-order valence-electron chi connectivity index (χ2n) is 21.7. The molecule has 8 unspecified atom stereocenters. The summed E-state index contributed by atoms with van der Waals surface area (Å²) in [5.74, 6) is 2.81. The maximum Gasteiger partial charge on any atom is 0.0869 e. The summed E-state index contributed by atoms with van der Waals surface area (Å²) < 4.78 is 25.9. The van der Waals surface area contributed by atoms with E-state index in [1.807, 2.05) is 0 Å². The van der Waals surface area contributed by atoms with Crippen LogP contribution in [0.2, 0.25) is 0 Å². The van der Waals surface area contributed by atoms with E-state index in [2.05, 4.69) is 246 Å². The van der Waals surface area contributed by atoms with Crippen molar-refractivity contribution in [3.05, 3.63) is 285 Å². The number of benzene rings is 8. The highest BCUT2D eigenvalue weighted by Crippen LogP contribution is 2.40. The fourth-order valence-electron chi connectivity index (χ4n) is 11.8. The van der Waals surface area contributed by atoms with E-state index in [1.165, 1.54) is 66.8 Å². The van der Waals surface area contributed by atoms with E-state index < -0.39 is 0 Å². The van der Waals surface area contributed by atoms with Gasteiger partial charge < -0.3 is 18.9 Å². The lowest BCUT2D eigenvalue weighted by atomic mass is 9.79. The highest BCUT2D eigenvalue weighted by Gasteiger charge is 2.27. The topological polar surface area (TPSA) is 36.9 Å². The van der Waals surface area contributed by atoms with Crippen LogP contribution in [0, 0.1) is 0 Å². The van der Waals surface area contributed by atoms with Crippen molar-refractivity contribution in [3.8, 4) is 0 Å². The summed E-state index contributed by atoms with van der Waals surface area (Å²) >= 11 is 0. The average Bonchev–Trinajstić information content (AvgIpc) is 3.47. The van der Waals surface area contributed by atoms with Gasteiger partial charge in [0.2, 0.25) is 0 Å². The molecule has 0 N–H and O–H groups in total. The van der Waals surface area contributed by atoms with Gasteiger partial charge in [-0.1, -0.05) is 246 Å². The molecular formula is C72H80O4. The lowest BCUT2D eigenvalue weighted by Crippen LogP contribution is -2.21. The third kappa shape index (κ3) is 15.4. The molecule has 1 aliphatic carbocycles. The van der Waals surface area contributed by atoms with Crippen molar-refractivity contribution in [1.29, 1.82) is 0 Å². The maximum absolute atomic E-state index is 6.71. The Balaban J connectivity index is 0.727. The summed E-state index contributed by atoms with van der Waals surface area (Å²) in [4.78, 5) is 0. The molecule has 392 valence electrons. The van der Waals surface area contributed by atoms with Crippen molar-refractivity contribution in [3.63, 3.8) is 0 Å². The molecule has 0 bridgehead atoms. The first-order chi connectivity index (χ1) is 37.3. The van der Waals surface area contributed by atoms with Gasteiger partial charge in [0.15, 0.2) is 0 Å². The van der Waals surface area contributed by atoms with E-state index in [-0.39, 0.29) is 12.2 Å². The average molecular weight is 1010 g/mol. The van der Waals surface area contributed by atoms with Crippen molar-refractivity contribution < 1.29 is 18.9 Å². The Morgan fingerprint density at radius 3 is 0.947 bits per heavy atom. The molecule has 8 aromatic rings. The van der Waals surface area contributed by atoms with Crippen molar-refractivity contribution in [1.82, 2.24) is 0 Å². The summed E-state index contributed by atoms with van der Waals surface area (Å²) in [7, 11) is 0. The highest BCUT2D eigenvalue weighted by molar-refractivity contribution is 5.39. The summed E-state index contributed by atoms with van der Waals surface area (Å²) in [5, 5.41) is 0. The van der Waals surface area contributed by atoms with Gasteiger partial charge in [-0.05, 0) is 128 Å². The lowest BCUT2D eigenvalue weighted by Gasteiger charge is -2.29. The van der Waals surface area contributed by atoms with Gasteiger partial charge in [-0.3, -0.25) is 0 Å². The molecule has 0 spiro atoms. The largest absolute Gasteiger partial charge is 0.374 e. The van der Waals surface area contributed by atoms with Crippen molar-refractivity contribution in [2.24, 2.45) is 0 Å². The van der Waals surface area contributed by atoms with Gasteiger partial charge in [0, 0.05) is 12.8 Å². The Morgan fingerprint density at radius 1 is 0.316 bits per heavy atom. The Morgan fingerprint density at radius 2 is 0.605 bits per heavy atom. The Kier molecular flexibility index (Phi) is 20.1. The Bertz CT molecular complexity index is 2700. The predicted molar refractivity (Wildman–Crippen MR) is 313 cm³/mol. The minimum absolute atomic E-state index is 0.0793. The molecule has 0 aromatic heterocycles. The molecule has 0 heterocycles. The van der Waals surface area contributed by atoms with Crippen molar-refractivity contribution >= 4 is 0 Å². The van der Waals surface area contributed by atoms with Crippen LogP contribution in [0.3, 0.4) is 0 Å². The molecule has 0 radical (unpaired) electrons. The van der Waals surface area contributed by atoms with E-state index >= 15 is 0 Å². The molecule has 76 heavy (non-hydrogen) atoms. The molecular weight excluding hydrogens is 929 g/mol. The van der Waals surface area contributed by atoms with Crippen LogP contribution in [0.1, 0.15) is 168 Å². The van der Waals surface area contributed by atoms with Gasteiger partial charge in [0.25, 0.3) is 0 Å². The van der Waals surface area contributed by atoms with Crippen LogP contribution >= 0.6 is 0 Å². The molecule has 4 heteroatoms. The zero-order chi connectivity index (χ0) is 52.3. The third-order valence-electron chi connectivity index (χ3n) is 16.2. The van der Waals surface area contributed by atoms with Gasteiger partial charge >= 0.3 is 0 Å². The molecule has 0 fully saturated rings. The standard InChI is InChI=1S/C72H80O4/c1-53(59-21-9-5-10-22-59)45-67(63-25-13-7-14-26-63)47-55(3)61-37-33-57(34-38-61)51-73-41-43-75-71-49-65-29-18-20-32-70(65)72(50-66-30-17-19-31-69(66)71)76-44-42-74-52-58-35-39-62(40-36-58)56(4)48-68(64-27-15-8-16-28-64)46-54(2)60-23-11-6-12-24-60/h5-40,53-56,67-68,71-72H,41-52H2,1-4H3. The zero-order valence-corrected chi connectivity index (χ0v) is 45.5. The molecule has 0 aliphatic heterocycles. The first-order valence-corrected chi connectivity index (χ1v) is 28.3. The lowest BCUT2D eigenvalue weighted by molar-refractivity contribution is -0.0100. The SMILES string of the molecule is CC(CC(CC(C)c1ccc(COCCOC2Cc3ccccc3C(OCCOCc3ccc(C(C)CC(CC(C)c4ccccc4)c4ccccc4)cc3)Cc3ccccc32)cc1)c1ccccc1)c1ccccc1. The van der Waals surface area contributed by atoms with E-state index in [0.717, 1.165) is 38.5 Å². The zero-order valence-electron chi connectivity index (χ0n) is 45.5. The van der Waals surface area contributed by atoms with E-state index in [4.69, 9.17) is 18.9 Å². The van der Waals surface area contributed by atoms with Crippen molar-refractivity contribution in [2.45, 2.75) is 127 Å². The number of rotatable bonds is 26. The second kappa shape index (κ2) is 28.1. The molecule has 0 saturated heterocycles. The van der Waals surface area contributed by atoms with Crippen molar-refractivity contribution in [2.75, 3.05) is 26.4 Å². The van der Waals surface area contributed by atoms with E-state index in [9.17, 15) is 0 Å². The molecule has 0 saturated carbocycles. The summed E-state index contributed by atoms with van der Waals surface area (Å²) in [6.45, 7) is 12.7. The van der Waals surface area contributed by atoms with Gasteiger partial charge in [0.1, 0.15) is 0 Å². The first-order valence-electron chi connectivity index (χ1n) is 28.3. The van der Waals surface area contributed by atoms with Gasteiger partial charge in [-0.25, -0.2) is 0 Å². The summed E-state index contributed by atoms with van der Waals surface area (Å²) in [5.41, 5.74) is 15.8. The fourth-order valence-corrected chi connectivity index (χ4v) is 11.8. The highest BCUT2D eigenvalue weighted by atomic mass is 16.5. The summed E-state index contributed by atoms with van der Waals surface area (Å²) in [6, 6.07) is 79.6. The predicted octanol–water partition coefficient (Wildman–Crippen LogP) is 18.0.